The number of nitrogens with one attached hydrogen (secondary N) is 1. The summed E-state index contributed by atoms with van der Waals surface area (Å²) in [6.45, 7) is 6.82. The smallest absolute Gasteiger partial charge is 0.227 e. The van der Waals surface area contributed by atoms with E-state index in [0.717, 1.165) is 31.6 Å². The SMILES string of the molecule is CCc1ccc(CC(=O)N2CCNC(C)C2)cc1.Cl. The van der Waals surface area contributed by atoms with Gasteiger partial charge in [-0.3, -0.25) is 4.79 Å². The molecule has 1 aliphatic heterocycles. The van der Waals surface area contributed by atoms with Gasteiger partial charge in [0.15, 0.2) is 0 Å². The van der Waals surface area contributed by atoms with Crippen LogP contribution in [0.1, 0.15) is 25.0 Å². The Morgan fingerprint density at radius 3 is 2.53 bits per heavy atom. The summed E-state index contributed by atoms with van der Waals surface area (Å²) in [4.78, 5) is 14.1. The van der Waals surface area contributed by atoms with Crippen LogP contribution in [-0.2, 0) is 17.6 Å². The summed E-state index contributed by atoms with van der Waals surface area (Å²) in [5.41, 5.74) is 2.44. The summed E-state index contributed by atoms with van der Waals surface area (Å²) in [5, 5.41) is 3.35. The fraction of sp³-hybridized carbons (Fsp3) is 0.533. The molecule has 1 atom stereocenters. The van der Waals surface area contributed by atoms with Gasteiger partial charge < -0.3 is 10.2 Å². The standard InChI is InChI=1S/C15H22N2O.ClH/c1-3-13-4-6-14(7-5-13)10-15(18)17-9-8-16-12(2)11-17;/h4-7,12,16H,3,8-11H2,1-2H3;1H. The van der Waals surface area contributed by atoms with Crippen LogP contribution in [0.25, 0.3) is 0 Å². The van der Waals surface area contributed by atoms with Crippen LogP contribution >= 0.6 is 12.4 Å². The summed E-state index contributed by atoms with van der Waals surface area (Å²) in [6.07, 6.45) is 1.57. The third-order valence-corrected chi connectivity index (χ3v) is 3.51. The molecule has 1 fully saturated rings. The highest BCUT2D eigenvalue weighted by molar-refractivity contribution is 5.85. The predicted molar refractivity (Wildman–Crippen MR) is 80.8 cm³/mol. The Kier molecular flexibility index (Phi) is 6.32. The lowest BCUT2D eigenvalue weighted by Crippen LogP contribution is -2.51. The van der Waals surface area contributed by atoms with Crippen molar-refractivity contribution in [1.29, 1.82) is 0 Å². The van der Waals surface area contributed by atoms with Crippen molar-refractivity contribution in [2.24, 2.45) is 0 Å². The van der Waals surface area contributed by atoms with Gasteiger partial charge in [-0.05, 0) is 24.5 Å². The number of hydrogen-bond acceptors (Lipinski definition) is 2. The lowest BCUT2D eigenvalue weighted by atomic mass is 10.1. The minimum absolute atomic E-state index is 0. The van der Waals surface area contributed by atoms with Crippen LogP contribution in [-0.4, -0.2) is 36.5 Å². The number of rotatable bonds is 3. The molecule has 4 heteroatoms. The highest BCUT2D eigenvalue weighted by atomic mass is 35.5. The van der Waals surface area contributed by atoms with Gasteiger partial charge in [-0.1, -0.05) is 31.2 Å². The van der Waals surface area contributed by atoms with Gasteiger partial charge in [0.1, 0.15) is 0 Å². The first-order chi connectivity index (χ1) is 8.69. The van der Waals surface area contributed by atoms with Crippen molar-refractivity contribution in [3.8, 4) is 0 Å². The normalized spacial score (nSPS) is 18.8. The van der Waals surface area contributed by atoms with Crippen molar-refractivity contribution >= 4 is 18.3 Å². The Hall–Kier alpha value is -1.06. The fourth-order valence-corrected chi connectivity index (χ4v) is 2.34. The molecule has 0 saturated carbocycles. The number of hydrogen-bond donors (Lipinski definition) is 1. The van der Waals surface area contributed by atoms with Crippen LogP contribution in [0.2, 0.25) is 0 Å². The van der Waals surface area contributed by atoms with E-state index in [1.54, 1.807) is 0 Å². The van der Waals surface area contributed by atoms with Gasteiger partial charge in [-0.25, -0.2) is 0 Å². The van der Waals surface area contributed by atoms with Crippen LogP contribution < -0.4 is 5.32 Å². The van der Waals surface area contributed by atoms with Crippen molar-refractivity contribution in [3.63, 3.8) is 0 Å². The van der Waals surface area contributed by atoms with Gasteiger partial charge in [0.05, 0.1) is 6.42 Å². The van der Waals surface area contributed by atoms with Crippen LogP contribution in [0.3, 0.4) is 0 Å². The summed E-state index contributed by atoms with van der Waals surface area (Å²) >= 11 is 0. The van der Waals surface area contributed by atoms with Gasteiger partial charge in [-0.2, -0.15) is 0 Å². The number of nitrogens with zero attached hydrogens (tertiary/aromatic N) is 1. The van der Waals surface area contributed by atoms with Gasteiger partial charge in [0.2, 0.25) is 5.91 Å². The number of carbonyl (C=O) groups excluding carboxylic acids is 1. The molecule has 1 aliphatic rings. The second-order valence-corrected chi connectivity index (χ2v) is 5.04. The van der Waals surface area contributed by atoms with Gasteiger partial charge >= 0.3 is 0 Å². The predicted octanol–water partition coefficient (Wildman–Crippen LogP) is 2.03. The molecule has 19 heavy (non-hydrogen) atoms. The fourth-order valence-electron chi connectivity index (χ4n) is 2.34. The van der Waals surface area contributed by atoms with Crippen molar-refractivity contribution in [1.82, 2.24) is 10.2 Å². The van der Waals surface area contributed by atoms with E-state index in [0.29, 0.717) is 12.5 Å². The largest absolute Gasteiger partial charge is 0.340 e. The maximum Gasteiger partial charge on any atom is 0.227 e. The van der Waals surface area contributed by atoms with Gasteiger partial charge in [-0.15, -0.1) is 12.4 Å². The molecule has 0 bridgehead atoms. The number of benzene rings is 1. The van der Waals surface area contributed by atoms with Crippen LogP contribution in [0, 0.1) is 0 Å². The quantitative estimate of drug-likeness (QED) is 0.920. The van der Waals surface area contributed by atoms with Gasteiger partial charge in [0, 0.05) is 25.7 Å². The Morgan fingerprint density at radius 2 is 1.95 bits per heavy atom. The molecule has 1 unspecified atom stereocenters. The minimum atomic E-state index is 0. The third-order valence-electron chi connectivity index (χ3n) is 3.51. The zero-order valence-electron chi connectivity index (χ0n) is 11.7. The first kappa shape index (κ1) is 16.0. The number of halogens is 1. The van der Waals surface area contributed by atoms with E-state index in [1.807, 2.05) is 4.90 Å². The Labute approximate surface area is 121 Å². The number of amides is 1. The van der Waals surface area contributed by atoms with Crippen molar-refractivity contribution in [2.75, 3.05) is 19.6 Å². The molecule has 1 amide bonds. The Balaban J connectivity index is 0.00000180. The van der Waals surface area contributed by atoms with E-state index >= 15 is 0 Å². The average molecular weight is 283 g/mol. The first-order valence-corrected chi connectivity index (χ1v) is 6.78. The lowest BCUT2D eigenvalue weighted by Gasteiger charge is -2.32. The number of aryl methyl sites for hydroxylation is 1. The van der Waals surface area contributed by atoms with E-state index in [4.69, 9.17) is 0 Å². The monoisotopic (exact) mass is 282 g/mol. The molecule has 1 saturated heterocycles. The summed E-state index contributed by atoms with van der Waals surface area (Å²) in [6, 6.07) is 8.78. The zero-order chi connectivity index (χ0) is 13.0. The summed E-state index contributed by atoms with van der Waals surface area (Å²) in [7, 11) is 0. The van der Waals surface area contributed by atoms with Gasteiger partial charge in [0.25, 0.3) is 0 Å². The molecule has 0 radical (unpaired) electrons. The molecular formula is C15H23ClN2O. The topological polar surface area (TPSA) is 32.3 Å². The molecule has 3 nitrogen and oxygen atoms in total. The molecule has 2 rings (SSSR count). The molecule has 1 aromatic rings. The molecule has 1 aromatic carbocycles. The maximum atomic E-state index is 12.2. The highest BCUT2D eigenvalue weighted by Gasteiger charge is 2.20. The molecule has 0 aliphatic carbocycles. The first-order valence-electron chi connectivity index (χ1n) is 6.78. The van der Waals surface area contributed by atoms with Crippen molar-refractivity contribution in [2.45, 2.75) is 32.7 Å². The van der Waals surface area contributed by atoms with Crippen molar-refractivity contribution in [3.05, 3.63) is 35.4 Å². The Bertz CT molecular complexity index is 405. The summed E-state index contributed by atoms with van der Waals surface area (Å²) in [5.74, 6) is 0.243. The maximum absolute atomic E-state index is 12.2. The van der Waals surface area contributed by atoms with E-state index in [9.17, 15) is 4.79 Å². The number of carbonyl (C=O) groups is 1. The molecule has 1 N–H and O–H groups in total. The molecule has 106 valence electrons. The molecular weight excluding hydrogens is 260 g/mol. The second kappa shape index (κ2) is 7.51. The lowest BCUT2D eigenvalue weighted by molar-refractivity contribution is -0.131. The van der Waals surface area contributed by atoms with E-state index in [-0.39, 0.29) is 18.3 Å². The van der Waals surface area contributed by atoms with E-state index < -0.39 is 0 Å². The zero-order valence-corrected chi connectivity index (χ0v) is 12.5. The van der Waals surface area contributed by atoms with E-state index in [1.165, 1.54) is 5.56 Å². The third kappa shape index (κ3) is 4.51. The summed E-state index contributed by atoms with van der Waals surface area (Å²) < 4.78 is 0. The van der Waals surface area contributed by atoms with Crippen molar-refractivity contribution < 1.29 is 4.79 Å². The molecule has 0 spiro atoms. The molecule has 1 heterocycles. The molecule has 0 aromatic heterocycles. The van der Waals surface area contributed by atoms with Crippen LogP contribution in [0.5, 0.6) is 0 Å². The highest BCUT2D eigenvalue weighted by Crippen LogP contribution is 2.08. The van der Waals surface area contributed by atoms with Crippen LogP contribution in [0.4, 0.5) is 0 Å². The average Bonchev–Trinajstić information content (AvgIpc) is 2.39. The second-order valence-electron chi connectivity index (χ2n) is 5.04. The van der Waals surface area contributed by atoms with E-state index in [2.05, 4.69) is 43.4 Å². The minimum Gasteiger partial charge on any atom is -0.340 e. The number of piperazine rings is 1. The Morgan fingerprint density at radius 1 is 1.32 bits per heavy atom. The van der Waals surface area contributed by atoms with Crippen LogP contribution in [0.15, 0.2) is 24.3 Å².